The molecule has 0 aliphatic rings. The van der Waals surface area contributed by atoms with Crippen LogP contribution in [0.1, 0.15) is 106 Å². The summed E-state index contributed by atoms with van der Waals surface area (Å²) in [4.78, 5) is 25.3. The molecule has 0 spiro atoms. The standard InChI is InChI=1S/C31H42F3NO3/c1-15(2)25-23(10)27(22(9)19(6)24(25)13-36)35-28(37)30(38,31(32,33)34)14-29(11,12)26-20(7)17(4)16(3)18(5)21(26)8/h13,15,38H,14H2,1-12H3,(H,35,37). The van der Waals surface area contributed by atoms with Crippen molar-refractivity contribution < 1.29 is 27.9 Å². The maximum atomic E-state index is 14.6. The molecule has 4 nitrogen and oxygen atoms in total. The lowest BCUT2D eigenvalue weighted by molar-refractivity contribution is -0.254. The second-order valence-electron chi connectivity index (χ2n) is 11.7. The number of hydrogen-bond donors (Lipinski definition) is 2. The summed E-state index contributed by atoms with van der Waals surface area (Å²) < 4.78 is 43.7. The molecule has 0 aliphatic carbocycles. The van der Waals surface area contributed by atoms with E-state index in [1.165, 1.54) is 0 Å². The molecule has 0 heterocycles. The van der Waals surface area contributed by atoms with Gasteiger partial charge in [-0.05, 0) is 122 Å². The van der Waals surface area contributed by atoms with Crippen molar-refractivity contribution in [3.05, 3.63) is 61.2 Å². The first-order valence-corrected chi connectivity index (χ1v) is 12.9. The monoisotopic (exact) mass is 533 g/mol. The number of amides is 1. The van der Waals surface area contributed by atoms with Gasteiger partial charge in [0.05, 0.1) is 0 Å². The van der Waals surface area contributed by atoms with Crippen molar-refractivity contribution in [2.45, 2.75) is 113 Å². The van der Waals surface area contributed by atoms with Gasteiger partial charge in [-0.2, -0.15) is 13.2 Å². The number of benzene rings is 2. The Morgan fingerprint density at radius 3 is 1.66 bits per heavy atom. The van der Waals surface area contributed by atoms with Crippen molar-refractivity contribution in [2.75, 3.05) is 5.32 Å². The van der Waals surface area contributed by atoms with E-state index in [-0.39, 0.29) is 11.6 Å². The van der Waals surface area contributed by atoms with Crippen molar-refractivity contribution >= 4 is 17.9 Å². The minimum Gasteiger partial charge on any atom is -0.373 e. The van der Waals surface area contributed by atoms with E-state index < -0.39 is 29.5 Å². The molecule has 0 aromatic heterocycles. The van der Waals surface area contributed by atoms with Gasteiger partial charge in [0.2, 0.25) is 5.60 Å². The summed E-state index contributed by atoms with van der Waals surface area (Å²) in [6.07, 6.45) is -5.36. The summed E-state index contributed by atoms with van der Waals surface area (Å²) in [5, 5.41) is 13.6. The van der Waals surface area contributed by atoms with E-state index in [2.05, 4.69) is 5.32 Å². The Balaban J connectivity index is 2.71. The fourth-order valence-electron chi connectivity index (χ4n) is 6.06. The summed E-state index contributed by atoms with van der Waals surface area (Å²) in [6.45, 7) is 21.6. The zero-order chi connectivity index (χ0) is 29.7. The number of rotatable bonds is 7. The van der Waals surface area contributed by atoms with Crippen LogP contribution < -0.4 is 5.32 Å². The number of anilines is 1. The summed E-state index contributed by atoms with van der Waals surface area (Å²) in [5.74, 6) is -1.64. The molecule has 2 rings (SSSR count). The molecule has 210 valence electrons. The third-order valence-corrected chi connectivity index (χ3v) is 8.56. The van der Waals surface area contributed by atoms with Gasteiger partial charge >= 0.3 is 6.18 Å². The minimum absolute atomic E-state index is 0.107. The predicted octanol–water partition coefficient (Wildman–Crippen LogP) is 7.69. The molecule has 38 heavy (non-hydrogen) atoms. The summed E-state index contributed by atoms with van der Waals surface area (Å²) >= 11 is 0. The summed E-state index contributed by atoms with van der Waals surface area (Å²) in [5.41, 5.74) is 3.50. The molecule has 2 aromatic rings. The fourth-order valence-corrected chi connectivity index (χ4v) is 6.06. The lowest BCUT2D eigenvalue weighted by atomic mass is 9.69. The van der Waals surface area contributed by atoms with Gasteiger partial charge in [-0.25, -0.2) is 0 Å². The molecule has 7 heteroatoms. The zero-order valence-corrected chi connectivity index (χ0v) is 24.8. The van der Waals surface area contributed by atoms with Crippen LogP contribution in [0.15, 0.2) is 0 Å². The highest BCUT2D eigenvalue weighted by atomic mass is 19.4. The Labute approximate surface area is 225 Å². The molecule has 0 saturated carbocycles. The van der Waals surface area contributed by atoms with Crippen LogP contribution in [0, 0.1) is 55.4 Å². The number of alkyl halides is 3. The molecule has 1 unspecified atom stereocenters. The molecule has 0 fully saturated rings. The molecule has 2 aromatic carbocycles. The second-order valence-corrected chi connectivity index (χ2v) is 11.7. The van der Waals surface area contributed by atoms with E-state index in [1.54, 1.807) is 34.6 Å². The minimum atomic E-state index is -5.23. The number of aldehydes is 1. The molecule has 2 N–H and O–H groups in total. The molecular weight excluding hydrogens is 491 g/mol. The van der Waals surface area contributed by atoms with Crippen molar-refractivity contribution in [1.29, 1.82) is 0 Å². The van der Waals surface area contributed by atoms with Crippen LogP contribution in [-0.4, -0.2) is 29.1 Å². The largest absolute Gasteiger partial charge is 0.426 e. The topological polar surface area (TPSA) is 66.4 Å². The van der Waals surface area contributed by atoms with Gasteiger partial charge in [0.25, 0.3) is 5.91 Å². The van der Waals surface area contributed by atoms with Crippen LogP contribution in [0.4, 0.5) is 18.9 Å². The van der Waals surface area contributed by atoms with Gasteiger partial charge in [-0.1, -0.05) is 27.7 Å². The number of aliphatic hydroxyl groups is 1. The zero-order valence-electron chi connectivity index (χ0n) is 24.8. The van der Waals surface area contributed by atoms with E-state index in [1.807, 2.05) is 48.5 Å². The molecule has 0 saturated heterocycles. The van der Waals surface area contributed by atoms with E-state index in [4.69, 9.17) is 0 Å². The van der Waals surface area contributed by atoms with E-state index in [9.17, 15) is 27.9 Å². The van der Waals surface area contributed by atoms with Crippen LogP contribution in [0.3, 0.4) is 0 Å². The third-order valence-electron chi connectivity index (χ3n) is 8.56. The number of halogens is 3. The first-order chi connectivity index (χ1) is 17.2. The van der Waals surface area contributed by atoms with Crippen LogP contribution in [-0.2, 0) is 10.2 Å². The molecule has 1 amide bonds. The number of hydrogen-bond acceptors (Lipinski definition) is 3. The molecule has 0 radical (unpaired) electrons. The maximum Gasteiger partial charge on any atom is 0.426 e. The highest BCUT2D eigenvalue weighted by Crippen LogP contribution is 2.45. The lowest BCUT2D eigenvalue weighted by Gasteiger charge is -2.39. The average Bonchev–Trinajstić information content (AvgIpc) is 2.79. The van der Waals surface area contributed by atoms with Crippen molar-refractivity contribution in [3.63, 3.8) is 0 Å². The third kappa shape index (κ3) is 5.14. The van der Waals surface area contributed by atoms with Gasteiger partial charge in [-0.15, -0.1) is 0 Å². The van der Waals surface area contributed by atoms with Gasteiger partial charge in [0.1, 0.15) is 0 Å². The summed E-state index contributed by atoms with van der Waals surface area (Å²) in [7, 11) is 0. The van der Waals surface area contributed by atoms with Crippen molar-refractivity contribution in [2.24, 2.45) is 0 Å². The average molecular weight is 534 g/mol. The Kier molecular flexibility index (Phi) is 8.70. The van der Waals surface area contributed by atoms with Gasteiger partial charge in [-0.3, -0.25) is 9.59 Å². The maximum absolute atomic E-state index is 14.6. The lowest BCUT2D eigenvalue weighted by Crippen LogP contribution is -2.57. The van der Waals surface area contributed by atoms with E-state index >= 15 is 0 Å². The van der Waals surface area contributed by atoms with Gasteiger partial charge in [0.15, 0.2) is 6.29 Å². The number of carbonyl (C=O) groups excluding carboxylic acids is 2. The quantitative estimate of drug-likeness (QED) is 0.359. The highest BCUT2D eigenvalue weighted by Gasteiger charge is 2.61. The molecule has 0 aliphatic heterocycles. The van der Waals surface area contributed by atoms with Crippen LogP contribution in [0.2, 0.25) is 0 Å². The fraction of sp³-hybridized carbons (Fsp3) is 0.548. The number of carbonyl (C=O) groups is 2. The Bertz CT molecular complexity index is 1260. The van der Waals surface area contributed by atoms with Crippen molar-refractivity contribution in [1.82, 2.24) is 0 Å². The van der Waals surface area contributed by atoms with Gasteiger partial charge < -0.3 is 10.4 Å². The Morgan fingerprint density at radius 1 is 0.816 bits per heavy atom. The van der Waals surface area contributed by atoms with E-state index in [0.29, 0.717) is 33.4 Å². The first kappa shape index (κ1) is 31.5. The second kappa shape index (κ2) is 10.5. The normalized spacial score (nSPS) is 14.0. The van der Waals surface area contributed by atoms with Crippen LogP contribution in [0.5, 0.6) is 0 Å². The highest BCUT2D eigenvalue weighted by molar-refractivity contribution is 6.00. The SMILES string of the molecule is Cc1c(C)c(C)c(C(C)(C)CC(O)(C(=O)Nc2c(C)c(C)c(C=O)c(C(C)C)c2C)C(F)(F)F)c(C)c1C. The smallest absolute Gasteiger partial charge is 0.373 e. The van der Waals surface area contributed by atoms with Crippen molar-refractivity contribution in [3.8, 4) is 0 Å². The summed E-state index contributed by atoms with van der Waals surface area (Å²) in [6, 6.07) is 0. The van der Waals surface area contributed by atoms with E-state index in [0.717, 1.165) is 34.1 Å². The van der Waals surface area contributed by atoms with Gasteiger partial charge in [0, 0.05) is 17.7 Å². The number of nitrogens with one attached hydrogen (secondary N) is 1. The predicted molar refractivity (Wildman–Crippen MR) is 148 cm³/mol. The molecular formula is C31H42F3NO3. The first-order valence-electron chi connectivity index (χ1n) is 12.9. The molecule has 1 atom stereocenters. The molecule has 0 bridgehead atoms. The Morgan fingerprint density at radius 2 is 1.26 bits per heavy atom. The Hall–Kier alpha value is -2.67. The van der Waals surface area contributed by atoms with Crippen LogP contribution in [0.25, 0.3) is 0 Å². The van der Waals surface area contributed by atoms with Crippen LogP contribution >= 0.6 is 0 Å².